The van der Waals surface area contributed by atoms with E-state index in [-0.39, 0.29) is 5.75 Å². The fourth-order valence-electron chi connectivity index (χ4n) is 3.18. The van der Waals surface area contributed by atoms with E-state index < -0.39 is 10.0 Å². The standard InChI is InChI=1S/C19H24N2O3S/c22-18-6-4-5-17(13-18)15-20-14-16-9-11-21(12-10-16)25(23,24)19-7-2-1-3-8-19/h1-8,13,16,20,22H,9-12,14-15H2. The molecular weight excluding hydrogens is 336 g/mol. The molecule has 0 aromatic heterocycles. The summed E-state index contributed by atoms with van der Waals surface area (Å²) in [5.74, 6) is 0.748. The fourth-order valence-corrected chi connectivity index (χ4v) is 4.67. The van der Waals surface area contributed by atoms with E-state index in [4.69, 9.17) is 0 Å². The van der Waals surface area contributed by atoms with Crippen LogP contribution >= 0.6 is 0 Å². The van der Waals surface area contributed by atoms with Crippen LogP contribution in [0.15, 0.2) is 59.5 Å². The zero-order chi connectivity index (χ0) is 17.7. The molecule has 134 valence electrons. The van der Waals surface area contributed by atoms with Gasteiger partial charge in [0.15, 0.2) is 0 Å². The Bertz CT molecular complexity index is 785. The van der Waals surface area contributed by atoms with Crippen LogP contribution in [0.2, 0.25) is 0 Å². The summed E-state index contributed by atoms with van der Waals surface area (Å²) in [4.78, 5) is 0.371. The number of aromatic hydroxyl groups is 1. The highest BCUT2D eigenvalue weighted by Gasteiger charge is 2.28. The summed E-state index contributed by atoms with van der Waals surface area (Å²) in [5, 5.41) is 12.9. The van der Waals surface area contributed by atoms with Crippen molar-refractivity contribution < 1.29 is 13.5 Å². The Kier molecular flexibility index (Phi) is 5.73. The first-order chi connectivity index (χ1) is 12.1. The highest BCUT2D eigenvalue weighted by molar-refractivity contribution is 7.89. The highest BCUT2D eigenvalue weighted by Crippen LogP contribution is 2.23. The summed E-state index contributed by atoms with van der Waals surface area (Å²) >= 11 is 0. The van der Waals surface area contributed by atoms with Crippen molar-refractivity contribution in [3.8, 4) is 5.75 Å². The summed E-state index contributed by atoms with van der Waals surface area (Å²) < 4.78 is 26.8. The maximum atomic E-state index is 12.6. The van der Waals surface area contributed by atoms with Crippen molar-refractivity contribution in [1.82, 2.24) is 9.62 Å². The Hall–Kier alpha value is -1.89. The smallest absolute Gasteiger partial charge is 0.243 e. The van der Waals surface area contributed by atoms with Crippen LogP contribution in [0.1, 0.15) is 18.4 Å². The monoisotopic (exact) mass is 360 g/mol. The first-order valence-electron chi connectivity index (χ1n) is 8.59. The highest BCUT2D eigenvalue weighted by atomic mass is 32.2. The topological polar surface area (TPSA) is 69.6 Å². The number of phenols is 1. The molecule has 0 bridgehead atoms. The molecule has 2 aromatic rings. The number of hydrogen-bond acceptors (Lipinski definition) is 4. The van der Waals surface area contributed by atoms with Crippen LogP contribution in [0.5, 0.6) is 5.75 Å². The number of rotatable bonds is 6. The van der Waals surface area contributed by atoms with Gasteiger partial charge in [0.25, 0.3) is 0 Å². The first kappa shape index (κ1) is 17.9. The summed E-state index contributed by atoms with van der Waals surface area (Å²) in [6.45, 7) is 2.69. The molecule has 3 rings (SSSR count). The maximum absolute atomic E-state index is 12.6. The lowest BCUT2D eigenvalue weighted by Crippen LogP contribution is -2.40. The van der Waals surface area contributed by atoms with Gasteiger partial charge >= 0.3 is 0 Å². The quantitative estimate of drug-likeness (QED) is 0.831. The molecule has 25 heavy (non-hydrogen) atoms. The van der Waals surface area contributed by atoms with E-state index in [9.17, 15) is 13.5 Å². The van der Waals surface area contributed by atoms with Gasteiger partial charge < -0.3 is 10.4 Å². The van der Waals surface area contributed by atoms with Gasteiger partial charge in [0.2, 0.25) is 10.0 Å². The summed E-state index contributed by atoms with van der Waals surface area (Å²) in [5.41, 5.74) is 1.05. The molecule has 0 unspecified atom stereocenters. The molecule has 0 amide bonds. The second kappa shape index (κ2) is 7.99. The lowest BCUT2D eigenvalue weighted by atomic mass is 9.98. The second-order valence-electron chi connectivity index (χ2n) is 6.46. The van der Waals surface area contributed by atoms with E-state index in [1.165, 1.54) is 0 Å². The van der Waals surface area contributed by atoms with E-state index in [0.717, 1.165) is 24.9 Å². The Balaban J connectivity index is 1.47. The Morgan fingerprint density at radius 2 is 1.76 bits per heavy atom. The van der Waals surface area contributed by atoms with E-state index in [0.29, 0.717) is 30.4 Å². The molecule has 0 aliphatic carbocycles. The van der Waals surface area contributed by atoms with E-state index in [1.807, 2.05) is 18.2 Å². The van der Waals surface area contributed by atoms with Crippen LogP contribution in [0.4, 0.5) is 0 Å². The Labute approximate surface area is 149 Å². The minimum absolute atomic E-state index is 0.277. The van der Waals surface area contributed by atoms with Gasteiger partial charge in [-0.3, -0.25) is 0 Å². The molecule has 6 heteroatoms. The zero-order valence-electron chi connectivity index (χ0n) is 14.1. The molecule has 1 saturated heterocycles. The SMILES string of the molecule is O=S(=O)(c1ccccc1)N1CCC(CNCc2cccc(O)c2)CC1. The van der Waals surface area contributed by atoms with Gasteiger partial charge in [-0.1, -0.05) is 30.3 Å². The minimum Gasteiger partial charge on any atom is -0.508 e. The molecule has 2 aromatic carbocycles. The van der Waals surface area contributed by atoms with E-state index in [1.54, 1.807) is 40.7 Å². The van der Waals surface area contributed by atoms with Gasteiger partial charge in [0.1, 0.15) is 5.75 Å². The van der Waals surface area contributed by atoms with Gasteiger partial charge in [0, 0.05) is 19.6 Å². The van der Waals surface area contributed by atoms with E-state index >= 15 is 0 Å². The number of hydrogen-bond donors (Lipinski definition) is 2. The average Bonchev–Trinajstić information content (AvgIpc) is 2.63. The van der Waals surface area contributed by atoms with Gasteiger partial charge in [-0.15, -0.1) is 0 Å². The summed E-state index contributed by atoms with van der Waals surface area (Å²) in [7, 11) is -3.37. The van der Waals surface area contributed by atoms with Crippen molar-refractivity contribution in [2.75, 3.05) is 19.6 Å². The lowest BCUT2D eigenvalue weighted by molar-refractivity contribution is 0.267. The number of phenolic OH excluding ortho intramolecular Hbond substituents is 1. The van der Waals surface area contributed by atoms with Crippen LogP contribution in [-0.2, 0) is 16.6 Å². The van der Waals surface area contributed by atoms with Crippen molar-refractivity contribution in [3.05, 3.63) is 60.2 Å². The third-order valence-corrected chi connectivity index (χ3v) is 6.54. The van der Waals surface area contributed by atoms with Crippen LogP contribution in [0, 0.1) is 5.92 Å². The zero-order valence-corrected chi connectivity index (χ0v) is 15.0. The molecule has 0 radical (unpaired) electrons. The molecule has 0 spiro atoms. The van der Waals surface area contributed by atoms with Crippen molar-refractivity contribution in [2.45, 2.75) is 24.3 Å². The van der Waals surface area contributed by atoms with Gasteiger partial charge in [-0.05, 0) is 55.1 Å². The molecule has 1 aliphatic heterocycles. The van der Waals surface area contributed by atoms with E-state index in [2.05, 4.69) is 5.32 Å². The molecule has 0 atom stereocenters. The molecule has 2 N–H and O–H groups in total. The number of benzene rings is 2. The predicted octanol–water partition coefficient (Wildman–Crippen LogP) is 2.58. The molecule has 1 aliphatic rings. The number of piperidine rings is 1. The third-order valence-electron chi connectivity index (χ3n) is 4.63. The third kappa shape index (κ3) is 4.60. The molecule has 1 fully saturated rings. The van der Waals surface area contributed by atoms with Crippen molar-refractivity contribution in [3.63, 3.8) is 0 Å². The summed E-state index contributed by atoms with van der Waals surface area (Å²) in [6, 6.07) is 15.9. The largest absolute Gasteiger partial charge is 0.508 e. The van der Waals surface area contributed by atoms with Gasteiger partial charge in [-0.2, -0.15) is 4.31 Å². The Morgan fingerprint density at radius 3 is 2.44 bits per heavy atom. The second-order valence-corrected chi connectivity index (χ2v) is 8.40. The molecule has 1 heterocycles. The summed E-state index contributed by atoms with van der Waals surface area (Å²) in [6.07, 6.45) is 1.72. The van der Waals surface area contributed by atoms with Crippen LogP contribution in [0.25, 0.3) is 0 Å². The van der Waals surface area contributed by atoms with Crippen molar-refractivity contribution >= 4 is 10.0 Å². The normalized spacial score (nSPS) is 16.8. The molecule has 5 nitrogen and oxygen atoms in total. The minimum atomic E-state index is -3.37. The number of sulfonamides is 1. The van der Waals surface area contributed by atoms with Crippen molar-refractivity contribution in [2.24, 2.45) is 5.92 Å². The maximum Gasteiger partial charge on any atom is 0.243 e. The van der Waals surface area contributed by atoms with Crippen LogP contribution in [0.3, 0.4) is 0 Å². The van der Waals surface area contributed by atoms with Crippen LogP contribution < -0.4 is 5.32 Å². The number of nitrogens with zero attached hydrogens (tertiary/aromatic N) is 1. The predicted molar refractivity (Wildman–Crippen MR) is 97.7 cm³/mol. The molecule has 0 saturated carbocycles. The first-order valence-corrected chi connectivity index (χ1v) is 10.0. The fraction of sp³-hybridized carbons (Fsp3) is 0.368. The van der Waals surface area contributed by atoms with Gasteiger partial charge in [0.05, 0.1) is 4.90 Å². The van der Waals surface area contributed by atoms with Crippen molar-refractivity contribution in [1.29, 1.82) is 0 Å². The number of nitrogens with one attached hydrogen (secondary N) is 1. The average molecular weight is 360 g/mol. The lowest BCUT2D eigenvalue weighted by Gasteiger charge is -2.31. The van der Waals surface area contributed by atoms with Gasteiger partial charge in [-0.25, -0.2) is 8.42 Å². The molecular formula is C19H24N2O3S. The van der Waals surface area contributed by atoms with Crippen LogP contribution in [-0.4, -0.2) is 37.5 Å². The Morgan fingerprint density at radius 1 is 1.04 bits per heavy atom.